The molecule has 0 saturated heterocycles. The van der Waals surface area contributed by atoms with Crippen LogP contribution < -0.4 is 0 Å². The second kappa shape index (κ2) is 5.16. The number of aromatic nitrogens is 4. The lowest BCUT2D eigenvalue weighted by Gasteiger charge is -2.05. The Morgan fingerprint density at radius 3 is 2.85 bits per heavy atom. The molecule has 7 heteroatoms. The van der Waals surface area contributed by atoms with E-state index < -0.39 is 11.6 Å². The third-order valence-electron chi connectivity index (χ3n) is 3.13. The summed E-state index contributed by atoms with van der Waals surface area (Å²) in [5, 5.41) is 4.10. The monoisotopic (exact) mass is 294 g/mol. The van der Waals surface area contributed by atoms with Gasteiger partial charge in [-0.05, 0) is 30.8 Å². The minimum Gasteiger partial charge on any atom is -0.328 e. The molecule has 0 amide bonds. The van der Waals surface area contributed by atoms with Crippen LogP contribution in [0.1, 0.15) is 6.42 Å². The van der Waals surface area contributed by atoms with Gasteiger partial charge in [0.15, 0.2) is 10.6 Å². The standard InChI is InChI=1S/C13H12F2N4S/c14-9-7-10(15)12-11(8-9)19(13(20)17-12)6-2-5-18-4-1-3-16-18/h1,3-4,7-8H,2,5-6H2,(H,17,20). The van der Waals surface area contributed by atoms with E-state index in [1.54, 1.807) is 15.4 Å². The van der Waals surface area contributed by atoms with E-state index in [9.17, 15) is 8.78 Å². The maximum absolute atomic E-state index is 13.6. The van der Waals surface area contributed by atoms with Crippen LogP contribution in [0.3, 0.4) is 0 Å². The van der Waals surface area contributed by atoms with Crippen molar-refractivity contribution in [3.8, 4) is 0 Å². The van der Waals surface area contributed by atoms with E-state index in [4.69, 9.17) is 12.2 Å². The third kappa shape index (κ3) is 2.36. The minimum absolute atomic E-state index is 0.246. The number of aromatic amines is 1. The Morgan fingerprint density at radius 1 is 1.25 bits per heavy atom. The van der Waals surface area contributed by atoms with E-state index in [1.807, 2.05) is 12.3 Å². The summed E-state index contributed by atoms with van der Waals surface area (Å²) in [5.41, 5.74) is 0.698. The molecule has 104 valence electrons. The van der Waals surface area contributed by atoms with Gasteiger partial charge in [0.1, 0.15) is 11.3 Å². The minimum atomic E-state index is -0.628. The number of H-pyrrole nitrogens is 1. The fourth-order valence-corrected chi connectivity index (χ4v) is 2.52. The van der Waals surface area contributed by atoms with Gasteiger partial charge in [0.05, 0.1) is 5.52 Å². The Balaban J connectivity index is 1.87. The van der Waals surface area contributed by atoms with Crippen molar-refractivity contribution < 1.29 is 8.78 Å². The number of halogens is 2. The molecule has 4 nitrogen and oxygen atoms in total. The highest BCUT2D eigenvalue weighted by molar-refractivity contribution is 7.71. The van der Waals surface area contributed by atoms with E-state index >= 15 is 0 Å². The number of aryl methyl sites for hydroxylation is 2. The van der Waals surface area contributed by atoms with Crippen LogP contribution in [0.2, 0.25) is 0 Å². The number of nitrogens with one attached hydrogen (secondary N) is 1. The molecule has 20 heavy (non-hydrogen) atoms. The van der Waals surface area contributed by atoms with Gasteiger partial charge in [-0.15, -0.1) is 0 Å². The predicted molar refractivity (Wildman–Crippen MR) is 73.9 cm³/mol. The highest BCUT2D eigenvalue weighted by Crippen LogP contribution is 2.19. The van der Waals surface area contributed by atoms with Crippen LogP contribution in [-0.2, 0) is 13.1 Å². The Kier molecular flexibility index (Phi) is 3.35. The van der Waals surface area contributed by atoms with Gasteiger partial charge in [-0.1, -0.05) is 0 Å². The highest BCUT2D eigenvalue weighted by atomic mass is 32.1. The zero-order chi connectivity index (χ0) is 14.1. The average Bonchev–Trinajstić information content (AvgIpc) is 3.00. The molecule has 0 radical (unpaired) electrons. The third-order valence-corrected chi connectivity index (χ3v) is 3.45. The Hall–Kier alpha value is -2.02. The molecule has 0 aliphatic carbocycles. The summed E-state index contributed by atoms with van der Waals surface area (Å²) in [4.78, 5) is 2.78. The van der Waals surface area contributed by atoms with Crippen LogP contribution in [0.15, 0.2) is 30.6 Å². The van der Waals surface area contributed by atoms with Crippen molar-refractivity contribution in [2.45, 2.75) is 19.5 Å². The normalized spacial score (nSPS) is 11.3. The number of hydrogen-bond acceptors (Lipinski definition) is 2. The lowest BCUT2D eigenvalue weighted by atomic mass is 10.3. The van der Waals surface area contributed by atoms with E-state index in [0.717, 1.165) is 19.0 Å². The maximum Gasteiger partial charge on any atom is 0.178 e. The summed E-state index contributed by atoms with van der Waals surface area (Å²) < 4.78 is 30.9. The van der Waals surface area contributed by atoms with Crippen LogP contribution >= 0.6 is 12.2 Å². The van der Waals surface area contributed by atoms with Crippen LogP contribution in [0.25, 0.3) is 11.0 Å². The highest BCUT2D eigenvalue weighted by Gasteiger charge is 2.10. The molecule has 0 bridgehead atoms. The van der Waals surface area contributed by atoms with Crippen molar-refractivity contribution in [1.82, 2.24) is 19.3 Å². The van der Waals surface area contributed by atoms with Gasteiger partial charge in [-0.3, -0.25) is 4.68 Å². The molecule has 0 fully saturated rings. The van der Waals surface area contributed by atoms with Crippen LogP contribution in [0, 0.1) is 16.4 Å². The fourth-order valence-electron chi connectivity index (χ4n) is 2.23. The van der Waals surface area contributed by atoms with Gasteiger partial charge in [-0.2, -0.15) is 5.10 Å². The molecule has 0 saturated carbocycles. The number of nitrogens with zero attached hydrogens (tertiary/aromatic N) is 3. The van der Waals surface area contributed by atoms with Gasteiger partial charge in [0.25, 0.3) is 0 Å². The van der Waals surface area contributed by atoms with Crippen molar-refractivity contribution in [3.63, 3.8) is 0 Å². The lowest BCUT2D eigenvalue weighted by molar-refractivity contribution is 0.529. The van der Waals surface area contributed by atoms with Gasteiger partial charge in [0, 0.05) is 31.5 Å². The number of rotatable bonds is 4. The SMILES string of the molecule is Fc1cc(F)c2[nH]c(=S)n(CCCn3cccn3)c2c1. The van der Waals surface area contributed by atoms with Gasteiger partial charge >= 0.3 is 0 Å². The molecule has 0 aliphatic heterocycles. The average molecular weight is 294 g/mol. The molecular weight excluding hydrogens is 282 g/mol. The Bertz CT molecular complexity index is 789. The van der Waals surface area contributed by atoms with Crippen molar-refractivity contribution in [2.75, 3.05) is 0 Å². The number of imidazole rings is 1. The molecule has 0 spiro atoms. The molecule has 3 rings (SSSR count). The molecule has 0 atom stereocenters. The summed E-state index contributed by atoms with van der Waals surface area (Å²) >= 11 is 5.17. The van der Waals surface area contributed by atoms with Crippen molar-refractivity contribution in [3.05, 3.63) is 47.0 Å². The van der Waals surface area contributed by atoms with Crippen LogP contribution in [-0.4, -0.2) is 19.3 Å². The quantitative estimate of drug-likeness (QED) is 0.750. The summed E-state index contributed by atoms with van der Waals surface area (Å²) in [7, 11) is 0. The Morgan fingerprint density at radius 2 is 2.10 bits per heavy atom. The molecule has 1 aromatic carbocycles. The topological polar surface area (TPSA) is 38.5 Å². The van der Waals surface area contributed by atoms with Crippen LogP contribution in [0.4, 0.5) is 8.78 Å². The van der Waals surface area contributed by atoms with Crippen molar-refractivity contribution >= 4 is 23.3 Å². The summed E-state index contributed by atoms with van der Waals surface area (Å²) in [6, 6.07) is 3.99. The largest absolute Gasteiger partial charge is 0.328 e. The van der Waals surface area contributed by atoms with Crippen molar-refractivity contribution in [1.29, 1.82) is 0 Å². The van der Waals surface area contributed by atoms with Crippen LogP contribution in [0.5, 0.6) is 0 Å². The first-order chi connectivity index (χ1) is 9.65. The predicted octanol–water partition coefficient (Wildman–Crippen LogP) is 3.26. The lowest BCUT2D eigenvalue weighted by Crippen LogP contribution is -2.04. The summed E-state index contributed by atoms with van der Waals surface area (Å²) in [6.45, 7) is 1.29. The van der Waals surface area contributed by atoms with E-state index in [2.05, 4.69) is 10.1 Å². The molecule has 2 aromatic heterocycles. The number of hydrogen-bond donors (Lipinski definition) is 1. The molecule has 3 aromatic rings. The molecule has 2 heterocycles. The first-order valence-corrected chi connectivity index (χ1v) is 6.61. The second-order valence-corrected chi connectivity index (χ2v) is 4.87. The van der Waals surface area contributed by atoms with Gasteiger partial charge < -0.3 is 9.55 Å². The zero-order valence-corrected chi connectivity index (χ0v) is 11.3. The Labute approximate surface area is 118 Å². The molecule has 0 aliphatic rings. The number of benzene rings is 1. The van der Waals surface area contributed by atoms with Gasteiger partial charge in [0.2, 0.25) is 0 Å². The van der Waals surface area contributed by atoms with Crippen molar-refractivity contribution in [2.24, 2.45) is 0 Å². The smallest absolute Gasteiger partial charge is 0.178 e. The van der Waals surface area contributed by atoms with E-state index in [-0.39, 0.29) is 5.52 Å². The van der Waals surface area contributed by atoms with E-state index in [0.29, 0.717) is 16.8 Å². The molecule has 1 N–H and O–H groups in total. The second-order valence-electron chi connectivity index (χ2n) is 4.49. The summed E-state index contributed by atoms with van der Waals surface area (Å²) in [6.07, 6.45) is 4.34. The maximum atomic E-state index is 13.6. The molecular formula is C13H12F2N4S. The first-order valence-electron chi connectivity index (χ1n) is 6.20. The zero-order valence-electron chi connectivity index (χ0n) is 10.5. The first kappa shape index (κ1) is 13.0. The fraction of sp³-hybridized carbons (Fsp3) is 0.231. The number of fused-ring (bicyclic) bond motifs is 1. The van der Waals surface area contributed by atoms with Gasteiger partial charge in [-0.25, -0.2) is 8.78 Å². The molecule has 0 unspecified atom stereocenters. The summed E-state index contributed by atoms with van der Waals surface area (Å²) in [5.74, 6) is -1.23. The van der Waals surface area contributed by atoms with E-state index in [1.165, 1.54) is 6.07 Å².